The van der Waals surface area contributed by atoms with Crippen molar-refractivity contribution in [1.29, 1.82) is 0 Å². The highest BCUT2D eigenvalue weighted by atomic mass is 16.6. The van der Waals surface area contributed by atoms with E-state index in [0.717, 1.165) is 11.1 Å². The molecule has 0 radical (unpaired) electrons. The molecule has 0 fully saturated rings. The van der Waals surface area contributed by atoms with E-state index >= 15 is 0 Å². The molecule has 0 bridgehead atoms. The smallest absolute Gasteiger partial charge is 0.271 e. The van der Waals surface area contributed by atoms with Crippen LogP contribution in [0.25, 0.3) is 11.4 Å². The van der Waals surface area contributed by atoms with Crippen LogP contribution in [0, 0.1) is 6.92 Å². The summed E-state index contributed by atoms with van der Waals surface area (Å²) in [6.07, 6.45) is -0.753. The fourth-order valence-corrected chi connectivity index (χ4v) is 2.50. The van der Waals surface area contributed by atoms with E-state index in [2.05, 4.69) is 20.5 Å². The molecule has 1 atom stereocenters. The van der Waals surface area contributed by atoms with Crippen LogP contribution in [0.5, 0.6) is 11.5 Å². The number of rotatable bonds is 3. The highest BCUT2D eigenvalue weighted by molar-refractivity contribution is 5.93. The third-order valence-corrected chi connectivity index (χ3v) is 3.85. The fourth-order valence-electron chi connectivity index (χ4n) is 2.50. The molecule has 25 heavy (non-hydrogen) atoms. The van der Waals surface area contributed by atoms with Crippen LogP contribution in [0.2, 0.25) is 0 Å². The average molecular weight is 336 g/mol. The summed E-state index contributed by atoms with van der Waals surface area (Å²) in [7, 11) is 0. The number of para-hydroxylation sites is 2. The van der Waals surface area contributed by atoms with Gasteiger partial charge in [-0.05, 0) is 19.1 Å². The van der Waals surface area contributed by atoms with Crippen LogP contribution < -0.4 is 14.8 Å². The van der Waals surface area contributed by atoms with Crippen LogP contribution in [0.15, 0.2) is 48.5 Å². The third kappa shape index (κ3) is 3.16. The van der Waals surface area contributed by atoms with Gasteiger partial charge in [-0.2, -0.15) is 4.98 Å². The number of carbonyl (C=O) groups is 1. The van der Waals surface area contributed by atoms with Crippen molar-refractivity contribution in [2.45, 2.75) is 13.0 Å². The Morgan fingerprint density at radius 1 is 1.16 bits per heavy atom. The minimum atomic E-state index is -0.753. The molecule has 3 aromatic rings. The van der Waals surface area contributed by atoms with E-state index in [1.165, 1.54) is 0 Å². The van der Waals surface area contributed by atoms with Gasteiger partial charge in [-0.15, -0.1) is 5.10 Å². The lowest BCUT2D eigenvalue weighted by atomic mass is 10.1. The number of ether oxygens (including phenoxy) is 2. The average Bonchev–Trinajstić information content (AvgIpc) is 3.10. The van der Waals surface area contributed by atoms with Gasteiger partial charge < -0.3 is 9.47 Å². The Kier molecular flexibility index (Phi) is 3.81. The van der Waals surface area contributed by atoms with Gasteiger partial charge in [0, 0.05) is 5.56 Å². The number of anilines is 1. The monoisotopic (exact) mass is 336 g/mol. The Bertz CT molecular complexity index is 905. The van der Waals surface area contributed by atoms with Crippen LogP contribution in [-0.2, 0) is 4.79 Å². The molecule has 7 nitrogen and oxygen atoms in total. The topological polar surface area (TPSA) is 89.1 Å². The van der Waals surface area contributed by atoms with E-state index in [0.29, 0.717) is 17.3 Å². The predicted octanol–water partition coefficient (Wildman–Crippen LogP) is 2.56. The van der Waals surface area contributed by atoms with E-state index in [4.69, 9.17) is 9.47 Å². The van der Waals surface area contributed by atoms with E-state index in [1.54, 1.807) is 12.1 Å². The van der Waals surface area contributed by atoms with Gasteiger partial charge in [0.15, 0.2) is 17.3 Å². The highest BCUT2D eigenvalue weighted by Crippen LogP contribution is 2.31. The number of hydrogen-bond acceptors (Lipinski definition) is 5. The molecule has 2 aromatic carbocycles. The second-order valence-electron chi connectivity index (χ2n) is 5.73. The fraction of sp³-hybridized carbons (Fsp3) is 0.167. The van der Waals surface area contributed by atoms with Crippen molar-refractivity contribution in [3.8, 4) is 22.9 Å². The zero-order valence-corrected chi connectivity index (χ0v) is 13.5. The predicted molar refractivity (Wildman–Crippen MR) is 91.5 cm³/mol. The molecular weight excluding hydrogens is 320 g/mol. The summed E-state index contributed by atoms with van der Waals surface area (Å²) < 4.78 is 11.2. The van der Waals surface area contributed by atoms with Crippen molar-refractivity contribution in [2.75, 3.05) is 11.9 Å². The van der Waals surface area contributed by atoms with E-state index < -0.39 is 6.10 Å². The van der Waals surface area contributed by atoms with Gasteiger partial charge >= 0.3 is 0 Å². The van der Waals surface area contributed by atoms with Gasteiger partial charge in [-0.1, -0.05) is 42.0 Å². The minimum Gasteiger partial charge on any atom is -0.485 e. The standard InChI is InChI=1S/C18H16N4O3/c1-11-6-8-12(9-7-11)16-19-18(22-21-16)20-17(23)15-10-24-13-4-2-3-5-14(13)25-15/h2-9,15H,10H2,1H3,(H2,19,20,21,22,23). The first-order valence-corrected chi connectivity index (χ1v) is 7.88. The molecule has 1 amide bonds. The molecule has 2 heterocycles. The summed E-state index contributed by atoms with van der Waals surface area (Å²) in [5.41, 5.74) is 2.05. The Labute approximate surface area is 144 Å². The summed E-state index contributed by atoms with van der Waals surface area (Å²) in [5, 5.41) is 9.49. The van der Waals surface area contributed by atoms with Crippen molar-refractivity contribution in [1.82, 2.24) is 15.2 Å². The molecule has 0 spiro atoms. The first kappa shape index (κ1) is 15.2. The summed E-state index contributed by atoms with van der Waals surface area (Å²) in [5.74, 6) is 1.60. The van der Waals surface area contributed by atoms with Crippen molar-refractivity contribution in [3.05, 3.63) is 54.1 Å². The number of nitrogens with zero attached hydrogens (tertiary/aromatic N) is 2. The second kappa shape index (κ2) is 6.27. The summed E-state index contributed by atoms with van der Waals surface area (Å²) in [4.78, 5) is 16.7. The summed E-state index contributed by atoms with van der Waals surface area (Å²) in [6, 6.07) is 15.1. The second-order valence-corrected chi connectivity index (χ2v) is 5.73. The van der Waals surface area contributed by atoms with Gasteiger partial charge in [-0.3, -0.25) is 15.2 Å². The van der Waals surface area contributed by atoms with Crippen molar-refractivity contribution < 1.29 is 14.3 Å². The first-order chi connectivity index (χ1) is 12.2. The zero-order chi connectivity index (χ0) is 17.2. The maximum atomic E-state index is 12.4. The Hall–Kier alpha value is -3.35. The van der Waals surface area contributed by atoms with Crippen molar-refractivity contribution in [2.24, 2.45) is 0 Å². The number of aromatic amines is 1. The summed E-state index contributed by atoms with van der Waals surface area (Å²) in [6.45, 7) is 2.15. The van der Waals surface area contributed by atoms with E-state index in [9.17, 15) is 4.79 Å². The molecule has 126 valence electrons. The molecule has 4 rings (SSSR count). The molecular formula is C18H16N4O3. The number of aryl methyl sites for hydroxylation is 1. The van der Waals surface area contributed by atoms with Crippen LogP contribution >= 0.6 is 0 Å². The molecule has 2 N–H and O–H groups in total. The lowest BCUT2D eigenvalue weighted by molar-refractivity contribution is -0.125. The van der Waals surface area contributed by atoms with Gasteiger partial charge in [-0.25, -0.2) is 0 Å². The third-order valence-electron chi connectivity index (χ3n) is 3.85. The van der Waals surface area contributed by atoms with Crippen LogP contribution in [-0.4, -0.2) is 33.8 Å². The number of aromatic nitrogens is 3. The molecule has 1 aliphatic rings. The number of nitrogens with one attached hydrogen (secondary N) is 2. The van der Waals surface area contributed by atoms with Crippen molar-refractivity contribution in [3.63, 3.8) is 0 Å². The number of carbonyl (C=O) groups excluding carboxylic acids is 1. The quantitative estimate of drug-likeness (QED) is 0.767. The zero-order valence-electron chi connectivity index (χ0n) is 13.5. The molecule has 1 unspecified atom stereocenters. The largest absolute Gasteiger partial charge is 0.485 e. The Morgan fingerprint density at radius 2 is 1.92 bits per heavy atom. The normalized spacial score (nSPS) is 15.6. The molecule has 1 aliphatic heterocycles. The maximum Gasteiger partial charge on any atom is 0.271 e. The van der Waals surface area contributed by atoms with Gasteiger partial charge in [0.1, 0.15) is 6.61 Å². The van der Waals surface area contributed by atoms with Crippen molar-refractivity contribution >= 4 is 11.9 Å². The first-order valence-electron chi connectivity index (χ1n) is 7.88. The van der Waals surface area contributed by atoms with Gasteiger partial charge in [0.2, 0.25) is 12.1 Å². The lowest BCUT2D eigenvalue weighted by Gasteiger charge is -2.25. The molecule has 1 aromatic heterocycles. The number of benzene rings is 2. The SMILES string of the molecule is Cc1ccc(-c2nc(NC(=O)C3COc4ccccc4O3)n[nH]2)cc1. The highest BCUT2D eigenvalue weighted by Gasteiger charge is 2.28. The summed E-state index contributed by atoms with van der Waals surface area (Å²) >= 11 is 0. The van der Waals surface area contributed by atoms with E-state index in [-0.39, 0.29) is 18.5 Å². The molecule has 7 heteroatoms. The maximum absolute atomic E-state index is 12.4. The number of fused-ring (bicyclic) bond motifs is 1. The van der Waals surface area contributed by atoms with Crippen LogP contribution in [0.1, 0.15) is 5.56 Å². The molecule has 0 aliphatic carbocycles. The number of hydrogen-bond donors (Lipinski definition) is 2. The van der Waals surface area contributed by atoms with Gasteiger partial charge in [0.25, 0.3) is 5.91 Å². The molecule has 0 saturated carbocycles. The minimum absolute atomic E-state index is 0.137. The number of amides is 1. The molecule has 0 saturated heterocycles. The number of H-pyrrole nitrogens is 1. The Morgan fingerprint density at radius 3 is 2.72 bits per heavy atom. The Balaban J connectivity index is 1.44. The van der Waals surface area contributed by atoms with Crippen LogP contribution in [0.3, 0.4) is 0 Å². The van der Waals surface area contributed by atoms with Gasteiger partial charge in [0.05, 0.1) is 0 Å². The van der Waals surface area contributed by atoms with Crippen LogP contribution in [0.4, 0.5) is 5.95 Å². The lowest BCUT2D eigenvalue weighted by Crippen LogP contribution is -2.40. The van der Waals surface area contributed by atoms with E-state index in [1.807, 2.05) is 43.3 Å².